The molecule has 2 heterocycles. The molecule has 0 spiro atoms. The standard InChI is InChI=1S/C12H9Cl2FN4O/c1-6(13)12-17-9-3-8(15)7(14)2-10(9)19(12)4-11-16-5-20-18-11/h2-3,5-6H,4H2,1H3. The van der Waals surface area contributed by atoms with Crippen LogP contribution in [0.2, 0.25) is 5.02 Å². The van der Waals surface area contributed by atoms with E-state index in [4.69, 9.17) is 27.7 Å². The highest BCUT2D eigenvalue weighted by atomic mass is 35.5. The minimum absolute atomic E-state index is 0.0283. The fourth-order valence-electron chi connectivity index (χ4n) is 2.01. The third-order valence-electron chi connectivity index (χ3n) is 2.88. The monoisotopic (exact) mass is 314 g/mol. The third kappa shape index (κ3) is 2.25. The van der Waals surface area contributed by atoms with Crippen LogP contribution in [0.4, 0.5) is 4.39 Å². The second-order valence-electron chi connectivity index (χ2n) is 4.27. The van der Waals surface area contributed by atoms with Gasteiger partial charge in [-0.25, -0.2) is 9.37 Å². The van der Waals surface area contributed by atoms with Crippen molar-refractivity contribution in [1.29, 1.82) is 0 Å². The van der Waals surface area contributed by atoms with E-state index in [1.54, 1.807) is 11.5 Å². The Morgan fingerprint density at radius 2 is 2.25 bits per heavy atom. The Hall–Kier alpha value is -1.66. The van der Waals surface area contributed by atoms with Crippen LogP contribution in [-0.2, 0) is 6.54 Å². The van der Waals surface area contributed by atoms with Crippen LogP contribution >= 0.6 is 23.2 Å². The maximum atomic E-state index is 13.5. The molecule has 1 atom stereocenters. The Morgan fingerprint density at radius 1 is 1.45 bits per heavy atom. The number of fused-ring (bicyclic) bond motifs is 1. The highest BCUT2D eigenvalue weighted by molar-refractivity contribution is 6.31. The van der Waals surface area contributed by atoms with E-state index in [2.05, 4.69) is 15.1 Å². The van der Waals surface area contributed by atoms with Gasteiger partial charge in [-0.05, 0) is 13.0 Å². The van der Waals surface area contributed by atoms with Crippen LogP contribution in [0.5, 0.6) is 0 Å². The van der Waals surface area contributed by atoms with Gasteiger partial charge in [0.2, 0.25) is 6.39 Å². The van der Waals surface area contributed by atoms with E-state index in [1.807, 2.05) is 0 Å². The zero-order valence-electron chi connectivity index (χ0n) is 10.3. The lowest BCUT2D eigenvalue weighted by Gasteiger charge is -2.08. The summed E-state index contributed by atoms with van der Waals surface area (Å²) in [5, 5.41) is 3.43. The summed E-state index contributed by atoms with van der Waals surface area (Å²) in [7, 11) is 0. The summed E-state index contributed by atoms with van der Waals surface area (Å²) < 4.78 is 20.0. The summed E-state index contributed by atoms with van der Waals surface area (Å²) in [4.78, 5) is 8.30. The molecule has 2 aromatic heterocycles. The number of halogens is 3. The van der Waals surface area contributed by atoms with E-state index in [0.717, 1.165) is 0 Å². The summed E-state index contributed by atoms with van der Waals surface area (Å²) >= 11 is 12.0. The zero-order chi connectivity index (χ0) is 14.3. The van der Waals surface area contributed by atoms with Crippen molar-refractivity contribution in [2.75, 3.05) is 0 Å². The molecule has 3 rings (SSSR count). The van der Waals surface area contributed by atoms with Crippen molar-refractivity contribution < 1.29 is 8.91 Å². The molecule has 104 valence electrons. The smallest absolute Gasteiger partial charge is 0.213 e. The SMILES string of the molecule is CC(Cl)c1nc2cc(F)c(Cl)cc2n1Cc1ncon1. The van der Waals surface area contributed by atoms with E-state index in [1.165, 1.54) is 18.5 Å². The van der Waals surface area contributed by atoms with Gasteiger partial charge in [0.1, 0.15) is 11.6 Å². The highest BCUT2D eigenvalue weighted by Crippen LogP contribution is 2.28. The molecule has 1 unspecified atom stereocenters. The fourth-order valence-corrected chi connectivity index (χ4v) is 2.34. The highest BCUT2D eigenvalue weighted by Gasteiger charge is 2.18. The number of alkyl halides is 1. The Morgan fingerprint density at radius 3 is 2.90 bits per heavy atom. The number of imidazole rings is 1. The molecule has 0 aliphatic rings. The molecular formula is C12H9Cl2FN4O. The van der Waals surface area contributed by atoms with Gasteiger partial charge in [-0.3, -0.25) is 0 Å². The Kier molecular flexibility index (Phi) is 3.35. The maximum absolute atomic E-state index is 13.5. The van der Waals surface area contributed by atoms with Crippen LogP contribution < -0.4 is 0 Å². The first-order valence-corrected chi connectivity index (χ1v) is 6.62. The van der Waals surface area contributed by atoms with Crippen LogP contribution in [0.25, 0.3) is 11.0 Å². The molecule has 0 saturated carbocycles. The van der Waals surface area contributed by atoms with E-state index >= 15 is 0 Å². The summed E-state index contributed by atoms with van der Waals surface area (Å²) in [6.07, 6.45) is 1.24. The van der Waals surface area contributed by atoms with Crippen LogP contribution in [0, 0.1) is 5.82 Å². The van der Waals surface area contributed by atoms with E-state index in [-0.39, 0.29) is 10.4 Å². The van der Waals surface area contributed by atoms with Crippen LogP contribution in [0.1, 0.15) is 23.9 Å². The minimum atomic E-state index is -0.517. The topological polar surface area (TPSA) is 56.7 Å². The van der Waals surface area contributed by atoms with Crippen molar-refractivity contribution >= 4 is 34.2 Å². The Bertz CT molecular complexity index is 754. The van der Waals surface area contributed by atoms with E-state index < -0.39 is 5.82 Å². The molecule has 20 heavy (non-hydrogen) atoms. The van der Waals surface area contributed by atoms with Gasteiger partial charge in [0.05, 0.1) is 28.0 Å². The van der Waals surface area contributed by atoms with E-state index in [0.29, 0.717) is 29.2 Å². The predicted octanol–water partition coefficient (Wildman–Crippen LogP) is 3.56. The van der Waals surface area contributed by atoms with Crippen molar-refractivity contribution in [2.24, 2.45) is 0 Å². The number of rotatable bonds is 3. The van der Waals surface area contributed by atoms with E-state index in [9.17, 15) is 4.39 Å². The van der Waals surface area contributed by atoms with Crippen LogP contribution in [0.15, 0.2) is 23.0 Å². The second-order valence-corrected chi connectivity index (χ2v) is 5.34. The van der Waals surface area contributed by atoms with Gasteiger partial charge < -0.3 is 9.09 Å². The molecule has 0 bridgehead atoms. The number of hydrogen-bond acceptors (Lipinski definition) is 4. The normalized spacial score (nSPS) is 13.0. The maximum Gasteiger partial charge on any atom is 0.213 e. The lowest BCUT2D eigenvalue weighted by Crippen LogP contribution is -2.07. The van der Waals surface area contributed by atoms with Gasteiger partial charge in [-0.15, -0.1) is 11.6 Å². The molecule has 0 fully saturated rings. The summed E-state index contributed by atoms with van der Waals surface area (Å²) in [5.41, 5.74) is 1.15. The molecular weight excluding hydrogens is 306 g/mol. The quantitative estimate of drug-likeness (QED) is 0.694. The average Bonchev–Trinajstić information content (AvgIpc) is 3.00. The first kappa shape index (κ1) is 13.3. The molecule has 8 heteroatoms. The fraction of sp³-hybridized carbons (Fsp3) is 0.250. The predicted molar refractivity (Wildman–Crippen MR) is 72.4 cm³/mol. The molecule has 0 aliphatic carbocycles. The minimum Gasteiger partial charge on any atom is -0.343 e. The molecule has 3 aromatic rings. The van der Waals surface area contributed by atoms with Gasteiger partial charge in [0.25, 0.3) is 0 Å². The van der Waals surface area contributed by atoms with Gasteiger partial charge in [-0.2, -0.15) is 4.98 Å². The molecule has 0 aliphatic heterocycles. The second kappa shape index (κ2) is 5.03. The van der Waals surface area contributed by atoms with Crippen molar-refractivity contribution in [3.63, 3.8) is 0 Å². The number of benzene rings is 1. The Balaban J connectivity index is 2.20. The number of aromatic nitrogens is 4. The van der Waals surface area contributed by atoms with Crippen molar-refractivity contribution in [3.8, 4) is 0 Å². The van der Waals surface area contributed by atoms with Gasteiger partial charge in [-0.1, -0.05) is 16.8 Å². The molecule has 5 nitrogen and oxygen atoms in total. The van der Waals surface area contributed by atoms with Crippen LogP contribution in [0.3, 0.4) is 0 Å². The van der Waals surface area contributed by atoms with Crippen molar-refractivity contribution in [3.05, 3.63) is 41.0 Å². The van der Waals surface area contributed by atoms with Crippen LogP contribution in [-0.4, -0.2) is 19.7 Å². The number of hydrogen-bond donors (Lipinski definition) is 0. The molecule has 0 saturated heterocycles. The third-order valence-corrected chi connectivity index (χ3v) is 3.37. The van der Waals surface area contributed by atoms with Gasteiger partial charge in [0.15, 0.2) is 5.82 Å². The van der Waals surface area contributed by atoms with Gasteiger partial charge in [0, 0.05) is 6.07 Å². The molecule has 0 amide bonds. The summed E-state index contributed by atoms with van der Waals surface area (Å²) in [6, 6.07) is 2.80. The summed E-state index contributed by atoms with van der Waals surface area (Å²) in [5.74, 6) is 0.550. The van der Waals surface area contributed by atoms with Crippen molar-refractivity contribution in [2.45, 2.75) is 18.8 Å². The Labute approximate surface area is 123 Å². The lowest BCUT2D eigenvalue weighted by molar-refractivity contribution is 0.408. The zero-order valence-corrected chi connectivity index (χ0v) is 11.9. The first-order valence-electron chi connectivity index (χ1n) is 5.80. The van der Waals surface area contributed by atoms with Gasteiger partial charge >= 0.3 is 0 Å². The molecule has 1 aromatic carbocycles. The largest absolute Gasteiger partial charge is 0.343 e. The summed E-state index contributed by atoms with van der Waals surface area (Å²) in [6.45, 7) is 2.11. The average molecular weight is 315 g/mol. The number of nitrogens with zero attached hydrogens (tertiary/aromatic N) is 4. The molecule has 0 N–H and O–H groups in total. The van der Waals surface area contributed by atoms with Crippen molar-refractivity contribution in [1.82, 2.24) is 19.7 Å². The lowest BCUT2D eigenvalue weighted by atomic mass is 10.3. The first-order chi connectivity index (χ1) is 9.56. The molecule has 0 radical (unpaired) electrons.